The first-order valence-electron chi connectivity index (χ1n) is 12.9. The number of furan rings is 1. The Morgan fingerprint density at radius 2 is 1.03 bits per heavy atom. The topological polar surface area (TPSA) is 13.1 Å². The molecular weight excluding hydrogens is 480 g/mol. The van der Waals surface area contributed by atoms with E-state index in [2.05, 4.69) is 121 Å². The Hall–Kier alpha value is -4.66. The van der Waals surface area contributed by atoms with Gasteiger partial charge in [0, 0.05) is 36.3 Å². The van der Waals surface area contributed by atoms with Crippen molar-refractivity contribution >= 4 is 75.0 Å². The fourth-order valence-electron chi connectivity index (χ4n) is 6.38. The van der Waals surface area contributed by atoms with Crippen molar-refractivity contribution < 1.29 is 4.42 Å². The molecule has 0 aliphatic carbocycles. The fourth-order valence-corrected chi connectivity index (χ4v) is 7.63. The van der Waals surface area contributed by atoms with Crippen LogP contribution in [0, 0.1) is 0 Å². The number of hydrogen-bond acceptors (Lipinski definition) is 2. The quantitative estimate of drug-likeness (QED) is 0.215. The van der Waals surface area contributed by atoms with Gasteiger partial charge in [-0.25, -0.2) is 0 Å². The highest BCUT2D eigenvalue weighted by Crippen LogP contribution is 2.50. The normalized spacial score (nSPS) is 12.2. The summed E-state index contributed by atoms with van der Waals surface area (Å²) >= 11 is 1.90. The Kier molecular flexibility index (Phi) is 3.99. The molecule has 38 heavy (non-hydrogen) atoms. The largest absolute Gasteiger partial charge is 0.456 e. The summed E-state index contributed by atoms with van der Waals surface area (Å²) in [5, 5.41) is 10.3. The van der Waals surface area contributed by atoms with Crippen LogP contribution in [0.15, 0.2) is 126 Å². The smallest absolute Gasteiger partial charge is 0.136 e. The molecule has 0 unspecified atom stereocenters. The standard InChI is InChI=1S/C36H20OS/c1-2-8-21(9-3-1)22-16-18-23(19-17-22)27-20-28-24-10-4-5-15-31(24)38-36(28)35-26-12-7-14-30-34(26)33-25(32(27)35)11-6-13-29(33)37-30/h1-20H. The first-order valence-corrected chi connectivity index (χ1v) is 13.8. The van der Waals surface area contributed by atoms with Crippen molar-refractivity contribution in [2.24, 2.45) is 0 Å². The molecule has 9 aromatic rings. The van der Waals surface area contributed by atoms with Crippen LogP contribution in [0.25, 0.3) is 85.9 Å². The molecule has 0 saturated heterocycles. The van der Waals surface area contributed by atoms with Crippen molar-refractivity contribution in [3.8, 4) is 22.3 Å². The van der Waals surface area contributed by atoms with Crippen LogP contribution in [0.2, 0.25) is 0 Å². The molecule has 0 atom stereocenters. The van der Waals surface area contributed by atoms with E-state index in [9.17, 15) is 0 Å². The lowest BCUT2D eigenvalue weighted by atomic mass is 9.88. The Balaban J connectivity index is 1.49. The van der Waals surface area contributed by atoms with Crippen molar-refractivity contribution in [3.63, 3.8) is 0 Å². The number of hydrogen-bond donors (Lipinski definition) is 0. The molecule has 2 aromatic heterocycles. The number of fused-ring (bicyclic) bond motifs is 7. The van der Waals surface area contributed by atoms with Crippen LogP contribution in [0.5, 0.6) is 0 Å². The second-order valence-electron chi connectivity index (χ2n) is 10.1. The summed E-state index contributed by atoms with van der Waals surface area (Å²) in [5.74, 6) is 0. The summed E-state index contributed by atoms with van der Waals surface area (Å²) in [6.45, 7) is 0. The molecule has 0 aliphatic rings. The van der Waals surface area contributed by atoms with Crippen molar-refractivity contribution in [1.29, 1.82) is 0 Å². The molecule has 0 fully saturated rings. The SMILES string of the molecule is c1ccc(-c2ccc(-c3cc4c5ccccc5sc4c4c5cccc6oc7cccc(c34)c7c65)cc2)cc1. The lowest BCUT2D eigenvalue weighted by Crippen LogP contribution is -1.88. The maximum Gasteiger partial charge on any atom is 0.136 e. The average molecular weight is 501 g/mol. The van der Waals surface area contributed by atoms with Gasteiger partial charge in [0.1, 0.15) is 11.2 Å². The van der Waals surface area contributed by atoms with Crippen LogP contribution < -0.4 is 0 Å². The third kappa shape index (κ3) is 2.65. The highest BCUT2D eigenvalue weighted by atomic mass is 32.1. The minimum atomic E-state index is 0.956. The second-order valence-corrected chi connectivity index (χ2v) is 11.1. The van der Waals surface area contributed by atoms with E-state index in [-0.39, 0.29) is 0 Å². The van der Waals surface area contributed by atoms with E-state index in [0.717, 1.165) is 11.2 Å². The van der Waals surface area contributed by atoms with Gasteiger partial charge in [0.2, 0.25) is 0 Å². The minimum absolute atomic E-state index is 0.956. The molecule has 0 spiro atoms. The molecule has 0 amide bonds. The molecule has 0 aliphatic heterocycles. The highest BCUT2D eigenvalue weighted by molar-refractivity contribution is 7.26. The van der Waals surface area contributed by atoms with Gasteiger partial charge < -0.3 is 4.42 Å². The van der Waals surface area contributed by atoms with Gasteiger partial charge in [-0.1, -0.05) is 97.1 Å². The minimum Gasteiger partial charge on any atom is -0.456 e. The van der Waals surface area contributed by atoms with Crippen molar-refractivity contribution in [2.45, 2.75) is 0 Å². The average Bonchev–Trinajstić information content (AvgIpc) is 3.55. The Morgan fingerprint density at radius 3 is 1.79 bits per heavy atom. The summed E-state index contributed by atoms with van der Waals surface area (Å²) in [5.41, 5.74) is 6.88. The number of rotatable bonds is 2. The van der Waals surface area contributed by atoms with Gasteiger partial charge in [0.25, 0.3) is 0 Å². The lowest BCUT2D eigenvalue weighted by Gasteiger charge is -2.15. The second kappa shape index (κ2) is 7.44. The van der Waals surface area contributed by atoms with E-state index < -0.39 is 0 Å². The fraction of sp³-hybridized carbons (Fsp3) is 0. The molecule has 0 saturated carbocycles. The van der Waals surface area contributed by atoms with E-state index in [4.69, 9.17) is 4.42 Å². The van der Waals surface area contributed by atoms with Gasteiger partial charge in [-0.3, -0.25) is 0 Å². The molecule has 2 heterocycles. The van der Waals surface area contributed by atoms with E-state index in [1.54, 1.807) is 0 Å². The summed E-state index contributed by atoms with van der Waals surface area (Å²) < 4.78 is 9.04. The van der Waals surface area contributed by atoms with E-state index >= 15 is 0 Å². The molecule has 1 nitrogen and oxygen atoms in total. The van der Waals surface area contributed by atoms with Gasteiger partial charge in [0.05, 0.1) is 0 Å². The monoisotopic (exact) mass is 500 g/mol. The molecule has 176 valence electrons. The third-order valence-corrected chi connectivity index (χ3v) is 9.24. The van der Waals surface area contributed by atoms with Crippen molar-refractivity contribution in [2.75, 3.05) is 0 Å². The molecule has 2 heteroatoms. The number of thiophene rings is 1. The van der Waals surface area contributed by atoms with Crippen LogP contribution in [0.1, 0.15) is 0 Å². The maximum absolute atomic E-state index is 6.37. The first kappa shape index (κ1) is 20.4. The van der Waals surface area contributed by atoms with Gasteiger partial charge >= 0.3 is 0 Å². The lowest BCUT2D eigenvalue weighted by molar-refractivity contribution is 0.669. The zero-order chi connectivity index (χ0) is 24.8. The predicted octanol–water partition coefficient (Wildman–Crippen LogP) is 11.0. The van der Waals surface area contributed by atoms with Crippen molar-refractivity contribution in [1.82, 2.24) is 0 Å². The number of benzene rings is 7. The van der Waals surface area contributed by atoms with Crippen LogP contribution in [0.3, 0.4) is 0 Å². The van der Waals surface area contributed by atoms with Crippen LogP contribution in [-0.4, -0.2) is 0 Å². The molecule has 9 rings (SSSR count). The summed E-state index contributed by atoms with van der Waals surface area (Å²) in [6, 6.07) is 43.9. The third-order valence-electron chi connectivity index (χ3n) is 8.03. The highest BCUT2D eigenvalue weighted by Gasteiger charge is 2.22. The first-order chi connectivity index (χ1) is 18.8. The molecule has 0 bridgehead atoms. The molecule has 7 aromatic carbocycles. The van der Waals surface area contributed by atoms with Gasteiger partial charge in [-0.15, -0.1) is 11.3 Å². The van der Waals surface area contributed by atoms with Crippen LogP contribution in [-0.2, 0) is 0 Å². The molecule has 0 N–H and O–H groups in total. The summed E-state index contributed by atoms with van der Waals surface area (Å²) in [4.78, 5) is 0. The van der Waals surface area contributed by atoms with Crippen LogP contribution in [0.4, 0.5) is 0 Å². The summed E-state index contributed by atoms with van der Waals surface area (Å²) in [6.07, 6.45) is 0. The van der Waals surface area contributed by atoms with Gasteiger partial charge in [0.15, 0.2) is 0 Å². The summed E-state index contributed by atoms with van der Waals surface area (Å²) in [7, 11) is 0. The van der Waals surface area contributed by atoms with Gasteiger partial charge in [-0.2, -0.15) is 0 Å². The van der Waals surface area contributed by atoms with Crippen molar-refractivity contribution in [3.05, 3.63) is 121 Å². The zero-order valence-electron chi connectivity index (χ0n) is 20.4. The van der Waals surface area contributed by atoms with E-state index in [0.29, 0.717) is 0 Å². The van der Waals surface area contributed by atoms with Crippen LogP contribution >= 0.6 is 11.3 Å². The zero-order valence-corrected chi connectivity index (χ0v) is 21.2. The maximum atomic E-state index is 6.37. The van der Waals surface area contributed by atoms with Gasteiger partial charge in [-0.05, 0) is 62.7 Å². The Labute approximate surface area is 222 Å². The van der Waals surface area contributed by atoms with E-state index in [1.165, 1.54) is 74.7 Å². The molecular formula is C36H20OS. The van der Waals surface area contributed by atoms with E-state index in [1.807, 2.05) is 11.3 Å². The molecule has 0 radical (unpaired) electrons. The Bertz CT molecular complexity index is 2320. The predicted molar refractivity (Wildman–Crippen MR) is 164 cm³/mol. The Morgan fingerprint density at radius 1 is 0.421 bits per heavy atom.